The van der Waals surface area contributed by atoms with Crippen molar-refractivity contribution in [2.45, 2.75) is 33.0 Å². The minimum Gasteiger partial charge on any atom is -0.372 e. The molecule has 2 heterocycles. The van der Waals surface area contributed by atoms with E-state index in [0.717, 1.165) is 29.8 Å². The third kappa shape index (κ3) is 4.61. The van der Waals surface area contributed by atoms with Gasteiger partial charge >= 0.3 is 0 Å². The number of nitrogens with zero attached hydrogens (tertiary/aromatic N) is 4. The van der Waals surface area contributed by atoms with E-state index in [1.807, 2.05) is 45.0 Å². The zero-order valence-corrected chi connectivity index (χ0v) is 18.4. The van der Waals surface area contributed by atoms with Gasteiger partial charge in [0.05, 0.1) is 41.9 Å². The number of carbonyl (C=O) groups excluding carboxylic acids is 1. The molecule has 7 heteroatoms. The van der Waals surface area contributed by atoms with Crippen LogP contribution < -0.4 is 10.2 Å². The SMILES string of the molecule is Cc1c(C(=O)Nc2cnc(N3C[C@@H](C)O[C@@H](C)C3)nc2)cccc1-c1ccc(C#N)cc1. The molecule has 0 radical (unpaired) electrons. The average Bonchev–Trinajstić information content (AvgIpc) is 2.79. The van der Waals surface area contributed by atoms with Crippen molar-refractivity contribution in [1.82, 2.24) is 9.97 Å². The van der Waals surface area contributed by atoms with Crippen LogP contribution in [0, 0.1) is 18.3 Å². The van der Waals surface area contributed by atoms with Crippen LogP contribution in [-0.2, 0) is 4.74 Å². The molecule has 1 amide bonds. The predicted molar refractivity (Wildman–Crippen MR) is 124 cm³/mol. The molecule has 4 rings (SSSR count). The molecule has 1 aromatic heterocycles. The number of amides is 1. The molecule has 1 N–H and O–H groups in total. The fourth-order valence-corrected chi connectivity index (χ4v) is 4.01. The first-order valence-electron chi connectivity index (χ1n) is 10.6. The van der Waals surface area contributed by atoms with Gasteiger partial charge in [0.15, 0.2) is 0 Å². The molecule has 2 aromatic carbocycles. The molecule has 1 saturated heterocycles. The number of benzene rings is 2. The smallest absolute Gasteiger partial charge is 0.256 e. The Bertz CT molecular complexity index is 1140. The molecular formula is C25H25N5O2. The summed E-state index contributed by atoms with van der Waals surface area (Å²) < 4.78 is 5.76. The number of rotatable bonds is 4. The van der Waals surface area contributed by atoms with Crippen molar-refractivity contribution in [2.24, 2.45) is 0 Å². The fraction of sp³-hybridized carbons (Fsp3) is 0.280. The molecule has 0 unspecified atom stereocenters. The van der Waals surface area contributed by atoms with Crippen LogP contribution >= 0.6 is 0 Å². The van der Waals surface area contributed by atoms with Crippen molar-refractivity contribution in [1.29, 1.82) is 5.26 Å². The molecule has 1 fully saturated rings. The molecule has 0 spiro atoms. The van der Waals surface area contributed by atoms with Gasteiger partial charge in [0.25, 0.3) is 5.91 Å². The quantitative estimate of drug-likeness (QED) is 0.671. The van der Waals surface area contributed by atoms with Gasteiger partial charge in [-0.05, 0) is 55.7 Å². The highest BCUT2D eigenvalue weighted by Crippen LogP contribution is 2.27. The Morgan fingerprint density at radius 2 is 1.75 bits per heavy atom. The molecule has 7 nitrogen and oxygen atoms in total. The van der Waals surface area contributed by atoms with E-state index in [0.29, 0.717) is 22.8 Å². The summed E-state index contributed by atoms with van der Waals surface area (Å²) >= 11 is 0. The van der Waals surface area contributed by atoms with Crippen LogP contribution in [0.15, 0.2) is 54.9 Å². The van der Waals surface area contributed by atoms with E-state index < -0.39 is 0 Å². The molecular weight excluding hydrogens is 402 g/mol. The number of hydrogen-bond donors (Lipinski definition) is 1. The van der Waals surface area contributed by atoms with Gasteiger partial charge in [-0.1, -0.05) is 24.3 Å². The minimum atomic E-state index is -0.219. The van der Waals surface area contributed by atoms with Gasteiger partial charge in [-0.15, -0.1) is 0 Å². The number of hydrogen-bond acceptors (Lipinski definition) is 6. The number of ether oxygens (including phenoxy) is 1. The maximum Gasteiger partial charge on any atom is 0.256 e. The molecule has 0 aliphatic carbocycles. The van der Waals surface area contributed by atoms with Gasteiger partial charge in [0, 0.05) is 18.7 Å². The van der Waals surface area contributed by atoms with Crippen molar-refractivity contribution < 1.29 is 9.53 Å². The fourth-order valence-electron chi connectivity index (χ4n) is 4.01. The number of carbonyl (C=O) groups is 1. The number of anilines is 2. The van der Waals surface area contributed by atoms with Crippen molar-refractivity contribution in [3.05, 3.63) is 71.5 Å². The minimum absolute atomic E-state index is 0.119. The van der Waals surface area contributed by atoms with Crippen molar-refractivity contribution in [3.63, 3.8) is 0 Å². The standard InChI is InChI=1S/C25H25N5O2/c1-16-14-30(15-17(2)32-16)25-27-12-21(13-28-25)29-24(31)23-6-4-5-22(18(23)3)20-9-7-19(11-26)8-10-20/h4-10,12-13,16-17H,14-15H2,1-3H3,(H,29,31)/t16-,17+. The highest BCUT2D eigenvalue weighted by Gasteiger charge is 2.24. The van der Waals surface area contributed by atoms with Crippen LogP contribution in [0.3, 0.4) is 0 Å². The normalized spacial score (nSPS) is 18.1. The van der Waals surface area contributed by atoms with Gasteiger partial charge in [0.1, 0.15) is 0 Å². The highest BCUT2D eigenvalue weighted by atomic mass is 16.5. The third-order valence-corrected chi connectivity index (χ3v) is 5.50. The highest BCUT2D eigenvalue weighted by molar-refractivity contribution is 6.06. The van der Waals surface area contributed by atoms with Crippen LogP contribution in [0.1, 0.15) is 35.3 Å². The summed E-state index contributed by atoms with van der Waals surface area (Å²) in [6, 6.07) is 15.1. The van der Waals surface area contributed by atoms with E-state index in [1.165, 1.54) is 0 Å². The van der Waals surface area contributed by atoms with Gasteiger partial charge < -0.3 is 15.0 Å². The first kappa shape index (κ1) is 21.5. The summed E-state index contributed by atoms with van der Waals surface area (Å²) in [6.45, 7) is 7.45. The van der Waals surface area contributed by atoms with E-state index in [2.05, 4.69) is 26.3 Å². The summed E-state index contributed by atoms with van der Waals surface area (Å²) in [6.07, 6.45) is 3.50. The first-order chi connectivity index (χ1) is 15.4. The zero-order chi connectivity index (χ0) is 22.7. The summed E-state index contributed by atoms with van der Waals surface area (Å²) in [5, 5.41) is 11.9. The predicted octanol–water partition coefficient (Wildman–Crippen LogP) is 4.19. The maximum atomic E-state index is 13.0. The zero-order valence-electron chi connectivity index (χ0n) is 18.4. The second kappa shape index (κ2) is 9.16. The third-order valence-electron chi connectivity index (χ3n) is 5.50. The Hall–Kier alpha value is -3.76. The Labute approximate surface area is 187 Å². The summed E-state index contributed by atoms with van der Waals surface area (Å²) in [7, 11) is 0. The van der Waals surface area contributed by atoms with Crippen LogP contribution in [0.2, 0.25) is 0 Å². The molecule has 162 valence electrons. The number of morpholine rings is 1. The van der Waals surface area contributed by atoms with Crippen LogP contribution in [0.25, 0.3) is 11.1 Å². The van der Waals surface area contributed by atoms with Gasteiger partial charge in [-0.3, -0.25) is 4.79 Å². The van der Waals surface area contributed by atoms with Crippen LogP contribution in [0.5, 0.6) is 0 Å². The lowest BCUT2D eigenvalue weighted by Gasteiger charge is -2.35. The summed E-state index contributed by atoms with van der Waals surface area (Å²) in [5.74, 6) is 0.409. The molecule has 2 atom stereocenters. The largest absolute Gasteiger partial charge is 0.372 e. The van der Waals surface area contributed by atoms with E-state index in [4.69, 9.17) is 10.00 Å². The van der Waals surface area contributed by atoms with Gasteiger partial charge in [0.2, 0.25) is 5.95 Å². The average molecular weight is 428 g/mol. The second-order valence-electron chi connectivity index (χ2n) is 8.06. The first-order valence-corrected chi connectivity index (χ1v) is 10.6. The Kier molecular flexibility index (Phi) is 6.15. The topological polar surface area (TPSA) is 91.1 Å². The number of aromatic nitrogens is 2. The Morgan fingerprint density at radius 3 is 2.38 bits per heavy atom. The van der Waals surface area contributed by atoms with Crippen molar-refractivity contribution >= 4 is 17.5 Å². The lowest BCUT2D eigenvalue weighted by Crippen LogP contribution is -2.46. The van der Waals surface area contributed by atoms with Gasteiger partial charge in [-0.25, -0.2) is 9.97 Å². The van der Waals surface area contributed by atoms with E-state index >= 15 is 0 Å². The molecule has 0 saturated carbocycles. The lowest BCUT2D eigenvalue weighted by atomic mass is 9.95. The van der Waals surface area contributed by atoms with E-state index in [1.54, 1.807) is 30.6 Å². The molecule has 1 aliphatic heterocycles. The van der Waals surface area contributed by atoms with E-state index in [9.17, 15) is 4.79 Å². The molecule has 3 aromatic rings. The van der Waals surface area contributed by atoms with Crippen LogP contribution in [0.4, 0.5) is 11.6 Å². The van der Waals surface area contributed by atoms with Crippen molar-refractivity contribution in [2.75, 3.05) is 23.3 Å². The van der Waals surface area contributed by atoms with Crippen LogP contribution in [-0.4, -0.2) is 41.2 Å². The number of nitrogens with one attached hydrogen (secondary N) is 1. The summed E-state index contributed by atoms with van der Waals surface area (Å²) in [4.78, 5) is 23.9. The lowest BCUT2D eigenvalue weighted by molar-refractivity contribution is -0.00571. The maximum absolute atomic E-state index is 13.0. The number of nitriles is 1. The van der Waals surface area contributed by atoms with E-state index in [-0.39, 0.29) is 18.1 Å². The summed E-state index contributed by atoms with van der Waals surface area (Å²) in [5.41, 5.74) is 4.48. The molecule has 32 heavy (non-hydrogen) atoms. The molecule has 1 aliphatic rings. The molecule has 0 bridgehead atoms. The monoisotopic (exact) mass is 427 g/mol. The Morgan fingerprint density at radius 1 is 1.09 bits per heavy atom. The van der Waals surface area contributed by atoms with Crippen molar-refractivity contribution in [3.8, 4) is 17.2 Å². The van der Waals surface area contributed by atoms with Gasteiger partial charge in [-0.2, -0.15) is 5.26 Å². The Balaban J connectivity index is 1.50. The second-order valence-corrected chi connectivity index (χ2v) is 8.06.